The second kappa shape index (κ2) is 3.20. The van der Waals surface area contributed by atoms with Crippen molar-refractivity contribution in [2.75, 3.05) is 7.11 Å². The quantitative estimate of drug-likeness (QED) is 0.458. The van der Waals surface area contributed by atoms with Crippen LogP contribution in [0, 0.1) is 0 Å². The van der Waals surface area contributed by atoms with Crippen molar-refractivity contribution >= 4 is 27.6 Å². The molecule has 0 bridgehead atoms. The van der Waals surface area contributed by atoms with Crippen molar-refractivity contribution in [3.05, 3.63) is 35.9 Å². The van der Waals surface area contributed by atoms with Gasteiger partial charge in [-0.25, -0.2) is 9.79 Å². The Labute approximate surface area is 89.9 Å². The van der Waals surface area contributed by atoms with E-state index in [9.17, 15) is 4.79 Å². The molecule has 0 N–H and O–H groups in total. The SMILES string of the molecule is COC(=O)C1(Br)N=C1c1ccccc1. The maximum absolute atomic E-state index is 11.3. The van der Waals surface area contributed by atoms with Gasteiger partial charge in [0.2, 0.25) is 0 Å². The van der Waals surface area contributed by atoms with Gasteiger partial charge in [-0.05, 0) is 21.5 Å². The fourth-order valence-corrected chi connectivity index (χ4v) is 1.82. The molecule has 1 aromatic carbocycles. The van der Waals surface area contributed by atoms with E-state index in [0.29, 0.717) is 0 Å². The summed E-state index contributed by atoms with van der Waals surface area (Å²) in [5, 5.41) is 0. The first-order valence-electron chi connectivity index (χ1n) is 4.11. The Morgan fingerprint density at radius 2 is 2.07 bits per heavy atom. The van der Waals surface area contributed by atoms with Crippen molar-refractivity contribution in [1.82, 2.24) is 0 Å². The molecule has 0 aliphatic carbocycles. The second-order valence-electron chi connectivity index (χ2n) is 2.94. The molecule has 0 amide bonds. The molecule has 0 fully saturated rings. The van der Waals surface area contributed by atoms with Crippen LogP contribution in [-0.4, -0.2) is 23.2 Å². The maximum atomic E-state index is 11.3. The van der Waals surface area contributed by atoms with Crippen molar-refractivity contribution in [1.29, 1.82) is 0 Å². The largest absolute Gasteiger partial charge is 0.466 e. The maximum Gasteiger partial charge on any atom is 0.351 e. The molecule has 14 heavy (non-hydrogen) atoms. The van der Waals surface area contributed by atoms with Crippen LogP contribution in [0.5, 0.6) is 0 Å². The average Bonchev–Trinajstić information content (AvgIpc) is 2.92. The van der Waals surface area contributed by atoms with Gasteiger partial charge in [-0.15, -0.1) is 0 Å². The molecular formula is C10H8BrNO2. The van der Waals surface area contributed by atoms with Crippen LogP contribution in [0.15, 0.2) is 35.3 Å². The molecule has 0 saturated carbocycles. The molecule has 4 heteroatoms. The molecule has 3 nitrogen and oxygen atoms in total. The lowest BCUT2D eigenvalue weighted by atomic mass is 10.1. The van der Waals surface area contributed by atoms with Crippen LogP contribution in [0.25, 0.3) is 0 Å². The third kappa shape index (κ3) is 1.35. The molecule has 1 atom stereocenters. The van der Waals surface area contributed by atoms with Gasteiger partial charge in [0, 0.05) is 0 Å². The Morgan fingerprint density at radius 1 is 1.43 bits per heavy atom. The van der Waals surface area contributed by atoms with Crippen LogP contribution >= 0.6 is 15.9 Å². The third-order valence-electron chi connectivity index (χ3n) is 2.03. The summed E-state index contributed by atoms with van der Waals surface area (Å²) in [5.41, 5.74) is 1.67. The molecule has 0 aromatic heterocycles. The van der Waals surface area contributed by atoms with Crippen molar-refractivity contribution in [3.8, 4) is 0 Å². The summed E-state index contributed by atoms with van der Waals surface area (Å²) in [5.74, 6) is -0.378. The van der Waals surface area contributed by atoms with Gasteiger partial charge in [-0.2, -0.15) is 0 Å². The highest BCUT2D eigenvalue weighted by Crippen LogP contribution is 2.39. The minimum absolute atomic E-state index is 0.378. The summed E-state index contributed by atoms with van der Waals surface area (Å²) in [6, 6.07) is 9.54. The monoisotopic (exact) mass is 253 g/mol. The molecule has 72 valence electrons. The van der Waals surface area contributed by atoms with Gasteiger partial charge in [0.05, 0.1) is 12.8 Å². The molecular weight excluding hydrogens is 246 g/mol. The van der Waals surface area contributed by atoms with Gasteiger partial charge in [-0.1, -0.05) is 30.3 Å². The number of hydrogen-bond acceptors (Lipinski definition) is 3. The number of alkyl halides is 1. The first kappa shape index (κ1) is 9.40. The number of hydrogen-bond donors (Lipinski definition) is 0. The first-order chi connectivity index (χ1) is 6.68. The summed E-state index contributed by atoms with van der Waals surface area (Å²) in [6.45, 7) is 0. The van der Waals surface area contributed by atoms with Crippen LogP contribution in [0.4, 0.5) is 0 Å². The first-order valence-corrected chi connectivity index (χ1v) is 4.91. The molecule has 1 aliphatic heterocycles. The molecule has 1 unspecified atom stereocenters. The zero-order chi connectivity index (χ0) is 10.2. The predicted octanol–water partition coefficient (Wildman–Crippen LogP) is 1.75. The van der Waals surface area contributed by atoms with Gasteiger partial charge in [0.25, 0.3) is 4.45 Å². The number of halogens is 1. The van der Waals surface area contributed by atoms with Crippen molar-refractivity contribution in [3.63, 3.8) is 0 Å². The highest BCUT2D eigenvalue weighted by Gasteiger charge is 2.53. The molecule has 1 aromatic rings. The lowest BCUT2D eigenvalue weighted by Crippen LogP contribution is -2.24. The predicted molar refractivity (Wildman–Crippen MR) is 56.7 cm³/mol. The van der Waals surface area contributed by atoms with E-state index in [1.54, 1.807) is 0 Å². The molecule has 0 spiro atoms. The average molecular weight is 254 g/mol. The van der Waals surface area contributed by atoms with Crippen LogP contribution in [0.1, 0.15) is 5.56 Å². The second-order valence-corrected chi connectivity index (χ2v) is 4.09. The lowest BCUT2D eigenvalue weighted by Gasteiger charge is -2.03. The Balaban J connectivity index is 2.20. The standard InChI is InChI=1S/C10H8BrNO2/c1-14-9(13)10(11)8(12-10)7-5-3-2-4-6-7/h2-6H,1H3. The number of rotatable bonds is 2. The zero-order valence-corrected chi connectivity index (χ0v) is 9.11. The molecule has 2 rings (SSSR count). The van der Waals surface area contributed by atoms with Gasteiger partial charge in [-0.3, -0.25) is 0 Å². The number of ether oxygens (including phenoxy) is 1. The molecule has 0 radical (unpaired) electrons. The van der Waals surface area contributed by atoms with E-state index >= 15 is 0 Å². The van der Waals surface area contributed by atoms with E-state index in [2.05, 4.69) is 25.7 Å². The Bertz CT molecular complexity index is 402. The van der Waals surface area contributed by atoms with Crippen LogP contribution in [0.3, 0.4) is 0 Å². The number of nitrogens with zero attached hydrogens (tertiary/aromatic N) is 1. The van der Waals surface area contributed by atoms with Crippen LogP contribution in [0.2, 0.25) is 0 Å². The molecule has 0 saturated heterocycles. The van der Waals surface area contributed by atoms with E-state index in [0.717, 1.165) is 11.3 Å². The highest BCUT2D eigenvalue weighted by molar-refractivity contribution is 9.10. The van der Waals surface area contributed by atoms with E-state index in [-0.39, 0.29) is 5.97 Å². The van der Waals surface area contributed by atoms with Crippen LogP contribution in [-0.2, 0) is 9.53 Å². The summed E-state index contributed by atoms with van der Waals surface area (Å²) >= 11 is 3.24. The topological polar surface area (TPSA) is 38.7 Å². The third-order valence-corrected chi connectivity index (χ3v) is 2.91. The lowest BCUT2D eigenvalue weighted by molar-refractivity contribution is -0.140. The number of esters is 1. The van der Waals surface area contributed by atoms with E-state index in [1.165, 1.54) is 7.11 Å². The number of methoxy groups -OCH3 is 1. The van der Waals surface area contributed by atoms with Gasteiger partial charge < -0.3 is 4.74 Å². The minimum Gasteiger partial charge on any atom is -0.466 e. The van der Waals surface area contributed by atoms with Gasteiger partial charge in [0.15, 0.2) is 0 Å². The fourth-order valence-electron chi connectivity index (χ4n) is 1.26. The number of carbonyl (C=O) groups is 1. The molecule has 1 heterocycles. The Morgan fingerprint density at radius 3 is 2.64 bits per heavy atom. The summed E-state index contributed by atoms with van der Waals surface area (Å²) in [7, 11) is 1.35. The minimum atomic E-state index is -0.927. The normalized spacial score (nSPS) is 24.0. The number of benzene rings is 1. The summed E-state index contributed by atoms with van der Waals surface area (Å²) in [6.07, 6.45) is 0. The number of carbonyl (C=O) groups excluding carboxylic acids is 1. The van der Waals surface area contributed by atoms with E-state index < -0.39 is 4.45 Å². The van der Waals surface area contributed by atoms with Crippen molar-refractivity contribution in [2.45, 2.75) is 4.45 Å². The van der Waals surface area contributed by atoms with Crippen LogP contribution < -0.4 is 0 Å². The van der Waals surface area contributed by atoms with Gasteiger partial charge in [0.1, 0.15) is 0 Å². The number of aliphatic imine (C=N–C) groups is 1. The van der Waals surface area contributed by atoms with Crippen molar-refractivity contribution in [2.24, 2.45) is 4.99 Å². The highest BCUT2D eigenvalue weighted by atomic mass is 79.9. The zero-order valence-electron chi connectivity index (χ0n) is 7.53. The van der Waals surface area contributed by atoms with E-state index in [4.69, 9.17) is 0 Å². The fraction of sp³-hybridized carbons (Fsp3) is 0.200. The van der Waals surface area contributed by atoms with Gasteiger partial charge >= 0.3 is 5.97 Å². The summed E-state index contributed by atoms with van der Waals surface area (Å²) in [4.78, 5) is 15.4. The molecule has 1 aliphatic rings. The Kier molecular flexibility index (Phi) is 2.15. The van der Waals surface area contributed by atoms with Crippen molar-refractivity contribution < 1.29 is 9.53 Å². The summed E-state index contributed by atoms with van der Waals surface area (Å²) < 4.78 is 3.70. The van der Waals surface area contributed by atoms with E-state index in [1.807, 2.05) is 30.3 Å². The Hall–Kier alpha value is -1.16. The smallest absolute Gasteiger partial charge is 0.351 e.